The molecule has 23 heavy (non-hydrogen) atoms. The normalized spacial score (nSPS) is 35.2. The van der Waals surface area contributed by atoms with E-state index in [1.165, 1.54) is 16.7 Å². The van der Waals surface area contributed by atoms with Crippen molar-refractivity contribution < 1.29 is 15.0 Å². The zero-order chi connectivity index (χ0) is 17.3. The van der Waals surface area contributed by atoms with Gasteiger partial charge in [0.25, 0.3) is 0 Å². The molecule has 0 aromatic carbocycles. The highest BCUT2D eigenvalue weighted by Crippen LogP contribution is 2.60. The van der Waals surface area contributed by atoms with Crippen LogP contribution in [0.5, 0.6) is 0 Å². The minimum atomic E-state index is -0.622. The first-order valence-electron chi connectivity index (χ1n) is 8.94. The number of aliphatic hydroxyl groups excluding tert-OH is 1. The second kappa shape index (κ2) is 6.80. The summed E-state index contributed by atoms with van der Waals surface area (Å²) in [6, 6.07) is 0. The third-order valence-corrected chi connectivity index (χ3v) is 6.64. The Morgan fingerprint density at radius 1 is 1.35 bits per heavy atom. The largest absolute Gasteiger partial charge is 0.481 e. The van der Waals surface area contributed by atoms with E-state index in [4.69, 9.17) is 5.11 Å². The molecule has 1 fully saturated rings. The lowest BCUT2D eigenvalue weighted by Gasteiger charge is -2.54. The molecule has 3 nitrogen and oxygen atoms in total. The topological polar surface area (TPSA) is 57.5 Å². The van der Waals surface area contributed by atoms with E-state index in [9.17, 15) is 9.90 Å². The Morgan fingerprint density at radius 2 is 2.04 bits per heavy atom. The van der Waals surface area contributed by atoms with Gasteiger partial charge in [0.05, 0.1) is 12.0 Å². The quantitative estimate of drug-likeness (QED) is 0.721. The number of allylic oxidation sites excluding steroid dienone is 3. The van der Waals surface area contributed by atoms with Crippen LogP contribution in [0.2, 0.25) is 0 Å². The Bertz CT molecular complexity index is 531. The summed E-state index contributed by atoms with van der Waals surface area (Å²) < 4.78 is 0. The van der Waals surface area contributed by atoms with Crippen LogP contribution in [0.15, 0.2) is 22.8 Å². The summed E-state index contributed by atoms with van der Waals surface area (Å²) in [7, 11) is 0. The van der Waals surface area contributed by atoms with E-state index in [0.717, 1.165) is 44.9 Å². The summed E-state index contributed by atoms with van der Waals surface area (Å²) in [5.41, 5.74) is 3.61. The van der Waals surface area contributed by atoms with Crippen LogP contribution in [0.3, 0.4) is 0 Å². The molecule has 0 aromatic heterocycles. The van der Waals surface area contributed by atoms with Gasteiger partial charge in [-0.1, -0.05) is 36.1 Å². The molecule has 0 heterocycles. The van der Waals surface area contributed by atoms with Gasteiger partial charge in [-0.3, -0.25) is 4.79 Å². The fraction of sp³-hybridized carbons (Fsp3) is 0.750. The molecule has 0 radical (unpaired) electrons. The second-order valence-corrected chi connectivity index (χ2v) is 8.08. The molecule has 0 aromatic rings. The Kier molecular flexibility index (Phi) is 5.40. The summed E-state index contributed by atoms with van der Waals surface area (Å²) >= 11 is 0. The molecule has 2 N–H and O–H groups in total. The number of carboxylic acid groups (broad SMARTS) is 1. The smallest absolute Gasteiger partial charge is 0.309 e. The van der Waals surface area contributed by atoms with Crippen molar-refractivity contribution in [1.29, 1.82) is 0 Å². The van der Waals surface area contributed by atoms with Crippen LogP contribution in [0.25, 0.3) is 0 Å². The molecule has 3 heteroatoms. The van der Waals surface area contributed by atoms with Gasteiger partial charge in [0.1, 0.15) is 0 Å². The van der Waals surface area contributed by atoms with Gasteiger partial charge in [-0.25, -0.2) is 0 Å². The first-order chi connectivity index (χ1) is 10.8. The molecular weight excluding hydrogens is 288 g/mol. The fourth-order valence-electron chi connectivity index (χ4n) is 5.21. The van der Waals surface area contributed by atoms with Gasteiger partial charge in [0, 0.05) is 0 Å². The number of rotatable bonds is 5. The summed E-state index contributed by atoms with van der Waals surface area (Å²) in [6.45, 7) is 8.67. The highest BCUT2D eigenvalue weighted by Gasteiger charge is 2.55. The fourth-order valence-corrected chi connectivity index (χ4v) is 5.21. The van der Waals surface area contributed by atoms with Crippen LogP contribution in [0.1, 0.15) is 72.6 Å². The highest BCUT2D eigenvalue weighted by molar-refractivity contribution is 5.75. The molecule has 0 spiro atoms. The van der Waals surface area contributed by atoms with Crippen LogP contribution < -0.4 is 0 Å². The average molecular weight is 320 g/mol. The Morgan fingerprint density at radius 3 is 2.65 bits per heavy atom. The number of hydrogen-bond donors (Lipinski definition) is 2. The van der Waals surface area contributed by atoms with Gasteiger partial charge in [-0.15, -0.1) is 0 Å². The predicted octanol–water partition coefficient (Wildman–Crippen LogP) is 4.71. The lowest BCUT2D eigenvalue weighted by Crippen LogP contribution is -2.50. The number of fused-ring (bicyclic) bond motifs is 1. The van der Waals surface area contributed by atoms with Crippen molar-refractivity contribution in [3.8, 4) is 0 Å². The van der Waals surface area contributed by atoms with E-state index < -0.39 is 11.4 Å². The van der Waals surface area contributed by atoms with Gasteiger partial charge in [0.15, 0.2) is 0 Å². The van der Waals surface area contributed by atoms with E-state index in [1.54, 1.807) is 0 Å². The van der Waals surface area contributed by atoms with E-state index in [2.05, 4.69) is 20.8 Å². The van der Waals surface area contributed by atoms with Crippen LogP contribution in [-0.2, 0) is 4.79 Å². The third kappa shape index (κ3) is 3.26. The van der Waals surface area contributed by atoms with Crippen LogP contribution in [0.4, 0.5) is 0 Å². The third-order valence-electron chi connectivity index (χ3n) is 6.64. The summed E-state index contributed by atoms with van der Waals surface area (Å²) in [6.07, 6.45) is 8.77. The van der Waals surface area contributed by atoms with E-state index in [0.29, 0.717) is 0 Å². The molecule has 2 aliphatic carbocycles. The van der Waals surface area contributed by atoms with E-state index >= 15 is 0 Å². The zero-order valence-corrected chi connectivity index (χ0v) is 15.1. The zero-order valence-electron chi connectivity index (χ0n) is 15.1. The molecule has 2 aliphatic rings. The molecule has 0 unspecified atom stereocenters. The number of hydrogen-bond acceptors (Lipinski definition) is 2. The minimum absolute atomic E-state index is 0.0210. The van der Waals surface area contributed by atoms with Crippen molar-refractivity contribution >= 4 is 5.97 Å². The molecule has 1 saturated carbocycles. The summed E-state index contributed by atoms with van der Waals surface area (Å²) in [5.74, 6) is -0.384. The number of carboxylic acids is 1. The van der Waals surface area contributed by atoms with Crippen LogP contribution in [0, 0.1) is 16.7 Å². The second-order valence-electron chi connectivity index (χ2n) is 8.08. The Balaban J connectivity index is 2.31. The average Bonchev–Trinajstić information content (AvgIpc) is 2.46. The molecule has 2 rings (SSSR count). The van der Waals surface area contributed by atoms with Crippen molar-refractivity contribution in [3.63, 3.8) is 0 Å². The molecule has 3 atom stereocenters. The van der Waals surface area contributed by atoms with Crippen molar-refractivity contribution in [3.05, 3.63) is 22.8 Å². The van der Waals surface area contributed by atoms with Gasteiger partial charge >= 0.3 is 5.97 Å². The molecule has 130 valence electrons. The van der Waals surface area contributed by atoms with Gasteiger partial charge in [-0.05, 0) is 70.6 Å². The van der Waals surface area contributed by atoms with Gasteiger partial charge in [0.2, 0.25) is 0 Å². The molecule has 0 amide bonds. The van der Waals surface area contributed by atoms with Crippen molar-refractivity contribution in [2.75, 3.05) is 6.61 Å². The lowest BCUT2D eigenvalue weighted by atomic mass is 9.49. The number of aliphatic carboxylic acids is 1. The van der Waals surface area contributed by atoms with E-state index in [1.807, 2.05) is 13.0 Å². The monoisotopic (exact) mass is 320 g/mol. The predicted molar refractivity (Wildman–Crippen MR) is 93.2 cm³/mol. The maximum absolute atomic E-state index is 12.0. The SMILES string of the molecule is CC1=C(CC/C(C)=C/CO)[C@@]2(C)CCC[C@](C)(C(=O)O)[C@@H]2CC1. The minimum Gasteiger partial charge on any atom is -0.481 e. The lowest BCUT2D eigenvalue weighted by molar-refractivity contribution is -0.159. The highest BCUT2D eigenvalue weighted by atomic mass is 16.4. The number of carbonyl (C=O) groups is 1. The maximum Gasteiger partial charge on any atom is 0.309 e. The van der Waals surface area contributed by atoms with Gasteiger partial charge in [-0.2, -0.15) is 0 Å². The van der Waals surface area contributed by atoms with Crippen molar-refractivity contribution in [1.82, 2.24) is 0 Å². The Hall–Kier alpha value is -1.09. The van der Waals surface area contributed by atoms with Gasteiger partial charge < -0.3 is 10.2 Å². The molecular formula is C20H32O3. The van der Waals surface area contributed by atoms with Crippen molar-refractivity contribution in [2.45, 2.75) is 72.6 Å². The molecule has 0 aliphatic heterocycles. The number of aliphatic hydroxyl groups is 1. The van der Waals surface area contributed by atoms with Crippen LogP contribution >= 0.6 is 0 Å². The summed E-state index contributed by atoms with van der Waals surface area (Å²) in [4.78, 5) is 12.0. The van der Waals surface area contributed by atoms with Crippen LogP contribution in [-0.4, -0.2) is 22.8 Å². The van der Waals surface area contributed by atoms with Crippen molar-refractivity contribution in [2.24, 2.45) is 16.7 Å². The molecule has 0 saturated heterocycles. The van der Waals surface area contributed by atoms with E-state index in [-0.39, 0.29) is 17.9 Å². The molecule has 0 bridgehead atoms. The standard InChI is InChI=1S/C20H32O3/c1-14(10-13-21)6-8-16-15(2)7-9-17-19(16,3)11-5-12-20(17,4)18(22)23/h10,17,21H,5-9,11-13H2,1-4H3,(H,22,23)/b14-10+/t17-,19-,20+/m1/s1. The Labute approximate surface area is 140 Å². The first kappa shape index (κ1) is 18.3. The maximum atomic E-state index is 12.0. The first-order valence-corrected chi connectivity index (χ1v) is 8.94. The summed E-state index contributed by atoms with van der Waals surface area (Å²) in [5, 5.41) is 18.9.